The van der Waals surface area contributed by atoms with Crippen LogP contribution in [0.3, 0.4) is 0 Å². The van der Waals surface area contributed by atoms with Gasteiger partial charge in [-0.1, -0.05) is 18.2 Å². The fourth-order valence-electron chi connectivity index (χ4n) is 3.54. The molecule has 0 saturated carbocycles. The lowest BCUT2D eigenvalue weighted by molar-refractivity contribution is 0.0986. The average Bonchev–Trinajstić information content (AvgIpc) is 3.24. The Bertz CT molecular complexity index is 1180. The number of Topliss-reactive ketones (excluding diaryl/α,β-unsaturated/α-hetero) is 1. The molecule has 3 aromatic heterocycles. The predicted octanol–water partition coefficient (Wildman–Crippen LogP) is 2.45. The van der Waals surface area contributed by atoms with Gasteiger partial charge in [0.15, 0.2) is 17.3 Å². The lowest BCUT2D eigenvalue weighted by atomic mass is 10.1. The molecule has 0 amide bonds. The van der Waals surface area contributed by atoms with Gasteiger partial charge in [0.25, 0.3) is 0 Å². The van der Waals surface area contributed by atoms with Gasteiger partial charge in [-0.15, -0.1) is 10.2 Å². The third-order valence-electron chi connectivity index (χ3n) is 5.10. The van der Waals surface area contributed by atoms with E-state index in [-0.39, 0.29) is 12.2 Å². The molecule has 8 nitrogen and oxygen atoms in total. The van der Waals surface area contributed by atoms with E-state index in [0.29, 0.717) is 22.9 Å². The van der Waals surface area contributed by atoms with E-state index in [0.717, 1.165) is 37.6 Å². The quantitative estimate of drug-likeness (QED) is 0.476. The van der Waals surface area contributed by atoms with Gasteiger partial charge >= 0.3 is 0 Å². The van der Waals surface area contributed by atoms with E-state index in [1.807, 2.05) is 30.3 Å². The zero-order chi connectivity index (χ0) is 20.3. The summed E-state index contributed by atoms with van der Waals surface area (Å²) in [6.07, 6.45) is 1.88. The molecule has 0 bridgehead atoms. The summed E-state index contributed by atoms with van der Waals surface area (Å²) in [7, 11) is 0. The van der Waals surface area contributed by atoms with E-state index in [4.69, 9.17) is 4.74 Å². The number of carbonyl (C=O) groups is 1. The van der Waals surface area contributed by atoms with Crippen molar-refractivity contribution in [2.45, 2.75) is 6.42 Å². The standard InChI is InChI=1S/C22H20N6O2/c29-20(15-17-5-1-2-9-23-17)19-7-8-21-24-25-22(28(21)26-19)16-4-3-6-18(14-16)27-10-12-30-13-11-27/h1-9,14H,10-13,15H2. The maximum absolute atomic E-state index is 12.7. The van der Waals surface area contributed by atoms with Gasteiger partial charge in [0.05, 0.1) is 19.6 Å². The van der Waals surface area contributed by atoms with E-state index in [1.54, 1.807) is 22.8 Å². The average molecular weight is 400 g/mol. The molecular weight excluding hydrogens is 380 g/mol. The Morgan fingerprint density at radius 1 is 1.00 bits per heavy atom. The first-order valence-electron chi connectivity index (χ1n) is 9.87. The van der Waals surface area contributed by atoms with Crippen molar-refractivity contribution in [1.29, 1.82) is 0 Å². The van der Waals surface area contributed by atoms with Crippen molar-refractivity contribution in [2.24, 2.45) is 0 Å². The van der Waals surface area contributed by atoms with Gasteiger partial charge < -0.3 is 9.64 Å². The minimum atomic E-state index is -0.0997. The van der Waals surface area contributed by atoms with Gasteiger partial charge in [0.1, 0.15) is 5.69 Å². The highest BCUT2D eigenvalue weighted by molar-refractivity contribution is 5.95. The summed E-state index contributed by atoms with van der Waals surface area (Å²) in [5.74, 6) is 0.505. The molecule has 1 aliphatic heterocycles. The van der Waals surface area contributed by atoms with E-state index < -0.39 is 0 Å². The monoisotopic (exact) mass is 400 g/mol. The topological polar surface area (TPSA) is 85.5 Å². The summed E-state index contributed by atoms with van der Waals surface area (Å²) >= 11 is 0. The van der Waals surface area contributed by atoms with Crippen molar-refractivity contribution in [2.75, 3.05) is 31.2 Å². The Kier molecular flexibility index (Phi) is 4.90. The number of aromatic nitrogens is 5. The van der Waals surface area contributed by atoms with E-state index in [1.165, 1.54) is 0 Å². The first kappa shape index (κ1) is 18.4. The number of hydrogen-bond donors (Lipinski definition) is 0. The maximum Gasteiger partial charge on any atom is 0.188 e. The lowest BCUT2D eigenvalue weighted by Gasteiger charge is -2.29. The molecule has 1 aromatic carbocycles. The number of fused-ring (bicyclic) bond motifs is 1. The Morgan fingerprint density at radius 2 is 1.90 bits per heavy atom. The number of anilines is 1. The van der Waals surface area contributed by atoms with Gasteiger partial charge in [0, 0.05) is 36.2 Å². The van der Waals surface area contributed by atoms with Crippen LogP contribution in [0.25, 0.3) is 17.0 Å². The molecule has 0 N–H and O–H groups in total. The summed E-state index contributed by atoms with van der Waals surface area (Å²) < 4.78 is 7.07. The fourth-order valence-corrected chi connectivity index (χ4v) is 3.54. The summed E-state index contributed by atoms with van der Waals surface area (Å²) in [5, 5.41) is 13.1. The third-order valence-corrected chi connectivity index (χ3v) is 5.10. The summed E-state index contributed by atoms with van der Waals surface area (Å²) in [4.78, 5) is 19.2. The Hall–Kier alpha value is -3.65. The van der Waals surface area contributed by atoms with Gasteiger partial charge in [0.2, 0.25) is 0 Å². The lowest BCUT2D eigenvalue weighted by Crippen LogP contribution is -2.36. The molecule has 8 heteroatoms. The maximum atomic E-state index is 12.7. The van der Waals surface area contributed by atoms with Crippen LogP contribution in [-0.2, 0) is 11.2 Å². The number of morpholine rings is 1. The number of nitrogens with zero attached hydrogens (tertiary/aromatic N) is 6. The number of benzene rings is 1. The third kappa shape index (κ3) is 3.65. The molecule has 5 rings (SSSR count). The SMILES string of the molecule is O=C(Cc1ccccn1)c1ccc2nnc(-c3cccc(N4CCOCC4)c3)n2n1. The molecule has 0 radical (unpaired) electrons. The van der Waals surface area contributed by atoms with Crippen LogP contribution in [0.4, 0.5) is 5.69 Å². The largest absolute Gasteiger partial charge is 0.378 e. The zero-order valence-corrected chi connectivity index (χ0v) is 16.3. The number of pyridine rings is 1. The van der Waals surface area contributed by atoms with E-state index in [9.17, 15) is 4.79 Å². The first-order chi connectivity index (χ1) is 14.8. The van der Waals surface area contributed by atoms with Crippen LogP contribution in [0, 0.1) is 0 Å². The minimum Gasteiger partial charge on any atom is -0.378 e. The molecule has 0 unspecified atom stereocenters. The smallest absolute Gasteiger partial charge is 0.188 e. The van der Waals surface area contributed by atoms with Gasteiger partial charge in [-0.3, -0.25) is 9.78 Å². The van der Waals surface area contributed by atoms with Crippen molar-refractivity contribution in [3.8, 4) is 11.4 Å². The van der Waals surface area contributed by atoms with Gasteiger partial charge in [-0.2, -0.15) is 9.61 Å². The van der Waals surface area contributed by atoms with Crippen molar-refractivity contribution in [3.05, 3.63) is 72.2 Å². The fraction of sp³-hybridized carbons (Fsp3) is 0.227. The molecule has 1 fully saturated rings. The molecule has 30 heavy (non-hydrogen) atoms. The second kappa shape index (κ2) is 8.00. The molecule has 150 valence electrons. The number of hydrogen-bond acceptors (Lipinski definition) is 7. The molecule has 0 atom stereocenters. The van der Waals surface area contributed by atoms with Crippen molar-refractivity contribution in [3.63, 3.8) is 0 Å². The first-order valence-corrected chi connectivity index (χ1v) is 9.87. The van der Waals surface area contributed by atoms with Crippen LogP contribution >= 0.6 is 0 Å². The van der Waals surface area contributed by atoms with Crippen LogP contribution < -0.4 is 4.90 Å². The Balaban J connectivity index is 1.47. The highest BCUT2D eigenvalue weighted by Crippen LogP contribution is 2.24. The minimum absolute atomic E-state index is 0.0997. The Labute approximate surface area is 173 Å². The van der Waals surface area contributed by atoms with Gasteiger partial charge in [-0.25, -0.2) is 0 Å². The molecular formula is C22H20N6O2. The van der Waals surface area contributed by atoms with Crippen molar-refractivity contribution in [1.82, 2.24) is 24.8 Å². The van der Waals surface area contributed by atoms with Crippen LogP contribution in [0.2, 0.25) is 0 Å². The number of ether oxygens (including phenoxy) is 1. The molecule has 0 spiro atoms. The highest BCUT2D eigenvalue weighted by atomic mass is 16.5. The Morgan fingerprint density at radius 3 is 2.73 bits per heavy atom. The van der Waals surface area contributed by atoms with Crippen molar-refractivity contribution >= 4 is 17.1 Å². The zero-order valence-electron chi connectivity index (χ0n) is 16.3. The molecule has 4 aromatic rings. The van der Waals surface area contributed by atoms with Crippen LogP contribution in [0.15, 0.2) is 60.8 Å². The molecule has 1 aliphatic rings. The molecule has 1 saturated heterocycles. The predicted molar refractivity (Wildman–Crippen MR) is 112 cm³/mol. The van der Waals surface area contributed by atoms with Crippen molar-refractivity contribution < 1.29 is 9.53 Å². The summed E-state index contributed by atoms with van der Waals surface area (Å²) in [5.41, 5.74) is 3.67. The number of rotatable bonds is 5. The molecule has 4 heterocycles. The van der Waals surface area contributed by atoms with Crippen LogP contribution in [0.5, 0.6) is 0 Å². The van der Waals surface area contributed by atoms with Gasteiger partial charge in [-0.05, 0) is 36.4 Å². The summed E-state index contributed by atoms with van der Waals surface area (Å²) in [6.45, 7) is 3.16. The van der Waals surface area contributed by atoms with E-state index >= 15 is 0 Å². The number of carbonyl (C=O) groups excluding carboxylic acids is 1. The number of ketones is 1. The normalized spacial score (nSPS) is 14.2. The summed E-state index contributed by atoms with van der Waals surface area (Å²) in [6, 6.07) is 17.1. The second-order valence-electron chi connectivity index (χ2n) is 7.08. The van der Waals surface area contributed by atoms with Crippen LogP contribution in [-0.4, -0.2) is 56.9 Å². The molecule has 0 aliphatic carbocycles. The highest BCUT2D eigenvalue weighted by Gasteiger charge is 2.16. The van der Waals surface area contributed by atoms with E-state index in [2.05, 4.69) is 37.3 Å². The van der Waals surface area contributed by atoms with Crippen LogP contribution in [0.1, 0.15) is 16.2 Å². The second-order valence-corrected chi connectivity index (χ2v) is 7.08.